The largest absolute Gasteiger partial charge is 0.338 e. The summed E-state index contributed by atoms with van der Waals surface area (Å²) in [6, 6.07) is 14.0. The molecule has 0 amide bonds. The predicted octanol–water partition coefficient (Wildman–Crippen LogP) is 10.3. The first-order valence-electron chi connectivity index (χ1n) is 13.8. The van der Waals surface area contributed by atoms with Crippen molar-refractivity contribution in [3.8, 4) is 0 Å². The van der Waals surface area contributed by atoms with Crippen LogP contribution < -0.4 is 9.80 Å². The maximum atomic E-state index is 14.2. The predicted molar refractivity (Wildman–Crippen MR) is 171 cm³/mol. The van der Waals surface area contributed by atoms with Crippen molar-refractivity contribution in [2.24, 2.45) is 0 Å². The van der Waals surface area contributed by atoms with Crippen LogP contribution in [0.1, 0.15) is 36.1 Å². The zero-order chi connectivity index (χ0) is 34.0. The van der Waals surface area contributed by atoms with Crippen LogP contribution in [0.3, 0.4) is 0 Å². The highest BCUT2D eigenvalue weighted by Crippen LogP contribution is 2.42. The van der Waals surface area contributed by atoms with Gasteiger partial charge in [-0.05, 0) is 46.3 Å². The van der Waals surface area contributed by atoms with Gasteiger partial charge in [-0.25, -0.2) is 26.3 Å². The van der Waals surface area contributed by atoms with Gasteiger partial charge in [0.25, 0.3) is 0 Å². The molecule has 242 valence electrons. The molecule has 0 saturated carbocycles. The molecule has 2 heterocycles. The van der Waals surface area contributed by atoms with Crippen molar-refractivity contribution in [1.29, 1.82) is 0 Å². The second-order valence-electron chi connectivity index (χ2n) is 10.4. The molecule has 13 heteroatoms. The van der Waals surface area contributed by atoms with Gasteiger partial charge < -0.3 is 9.80 Å². The van der Waals surface area contributed by atoms with Gasteiger partial charge in [-0.1, -0.05) is 47.5 Å². The Balaban J connectivity index is 0.000000185. The van der Waals surface area contributed by atoms with E-state index in [0.29, 0.717) is 45.7 Å². The molecule has 6 rings (SSSR count). The molecule has 47 heavy (non-hydrogen) atoms. The lowest BCUT2D eigenvalue weighted by Gasteiger charge is -2.35. The molecule has 2 atom stereocenters. The Morgan fingerprint density at radius 3 is 1.53 bits per heavy atom. The van der Waals surface area contributed by atoms with E-state index < -0.39 is 47.0 Å². The normalized spacial score (nSPS) is 17.8. The quantitative estimate of drug-likeness (QED) is 0.195. The number of carbonyl (C=O) groups excluding carboxylic acids is 2. The summed E-state index contributed by atoms with van der Waals surface area (Å²) in [5.41, 5.74) is 0.257. The van der Waals surface area contributed by atoms with Gasteiger partial charge in [0.15, 0.2) is 11.6 Å². The maximum Gasteiger partial charge on any atom is 0.173 e. The van der Waals surface area contributed by atoms with E-state index in [-0.39, 0.29) is 40.0 Å². The van der Waals surface area contributed by atoms with E-state index in [2.05, 4.69) is 15.9 Å². The molecule has 0 bridgehead atoms. The van der Waals surface area contributed by atoms with E-state index >= 15 is 0 Å². The number of Topliss-reactive ketones (excluding diaryl/α,β-unsaturated/α-hetero) is 1. The Morgan fingerprint density at radius 2 is 1.06 bits per heavy atom. The Morgan fingerprint density at radius 1 is 0.638 bits per heavy atom. The lowest BCUT2D eigenvalue weighted by atomic mass is 9.95. The molecule has 0 fully saturated rings. The van der Waals surface area contributed by atoms with Gasteiger partial charge in [-0.15, -0.1) is 0 Å². The lowest BCUT2D eigenvalue weighted by molar-refractivity contribution is -0.116. The average molecular weight is 754 g/mol. The molecule has 4 aromatic rings. The Hall–Kier alpha value is -4.06. The highest BCUT2D eigenvalue weighted by molar-refractivity contribution is 9.12. The number of ketones is 2. The molecule has 0 saturated heterocycles. The minimum absolute atomic E-state index is 0.138. The van der Waals surface area contributed by atoms with Crippen molar-refractivity contribution in [1.82, 2.24) is 0 Å². The van der Waals surface area contributed by atoms with Crippen LogP contribution in [0.25, 0.3) is 0 Å². The number of carbonyl (C=O) groups is 2. The summed E-state index contributed by atoms with van der Waals surface area (Å²) in [4.78, 5) is 26.8. The molecular weight excluding hydrogens is 733 g/mol. The maximum absolute atomic E-state index is 14.2. The van der Waals surface area contributed by atoms with E-state index in [1.54, 1.807) is 48.5 Å². The number of allylic oxidation sites excluding steroid dienone is 2. The van der Waals surface area contributed by atoms with Gasteiger partial charge in [-0.2, -0.15) is 0 Å². The zero-order valence-corrected chi connectivity index (χ0v) is 26.9. The van der Waals surface area contributed by atoms with Crippen LogP contribution in [0.5, 0.6) is 0 Å². The minimum Gasteiger partial charge on any atom is -0.338 e. The van der Waals surface area contributed by atoms with Crippen LogP contribution >= 0.6 is 39.1 Å². The number of halogens is 9. The van der Waals surface area contributed by atoms with Crippen LogP contribution in [0.4, 0.5) is 37.7 Å². The van der Waals surface area contributed by atoms with E-state index in [4.69, 9.17) is 23.2 Å². The number of hydrogen-bond donors (Lipinski definition) is 0. The molecule has 4 aromatic carbocycles. The standard InChI is InChI=1S/C17H10BrClF3NO.C17H11ClF3NO/c18-10-8-23(14-4-2-1-3-11(14)19)15(7-16(10)24)17-12(21)5-9(20)6-13(17)22;18-12-3-1-2-4-15(12)22-6-5-11(23)9-16(22)17-13(20)7-10(19)8-14(17)21/h1-6,8,15H,7H2;1-8,16H,9H2. The fraction of sp³-hybridized carbons (Fsp3) is 0.118. The van der Waals surface area contributed by atoms with Crippen molar-refractivity contribution >= 4 is 62.1 Å². The molecule has 0 N–H and O–H groups in total. The SMILES string of the molecule is O=C1C=CN(c2ccccc2Cl)C(c2c(F)cc(F)cc2F)C1.O=C1CC(c2c(F)cc(F)cc2F)N(c2ccccc2Cl)C=C1Br. The highest BCUT2D eigenvalue weighted by atomic mass is 79.9. The Labute approximate surface area is 283 Å². The monoisotopic (exact) mass is 752 g/mol. The summed E-state index contributed by atoms with van der Waals surface area (Å²) >= 11 is 15.5. The fourth-order valence-corrected chi connectivity index (χ4v) is 6.16. The van der Waals surface area contributed by atoms with Crippen LogP contribution in [-0.4, -0.2) is 11.6 Å². The molecule has 2 aliphatic heterocycles. The molecule has 0 aromatic heterocycles. The summed E-state index contributed by atoms with van der Waals surface area (Å²) in [6.45, 7) is 0. The van der Waals surface area contributed by atoms with E-state index in [9.17, 15) is 35.9 Å². The average Bonchev–Trinajstić information content (AvgIpc) is 2.99. The van der Waals surface area contributed by atoms with Crippen LogP contribution in [-0.2, 0) is 9.59 Å². The summed E-state index contributed by atoms with van der Waals surface area (Å²) in [7, 11) is 0. The van der Waals surface area contributed by atoms with Gasteiger partial charge in [-0.3, -0.25) is 9.59 Å². The van der Waals surface area contributed by atoms with Gasteiger partial charge >= 0.3 is 0 Å². The molecule has 2 unspecified atom stereocenters. The first kappa shape index (κ1) is 34.3. The third-order valence-electron chi connectivity index (χ3n) is 7.40. The van der Waals surface area contributed by atoms with Gasteiger partial charge in [0.2, 0.25) is 0 Å². The Bertz CT molecular complexity index is 1890. The van der Waals surface area contributed by atoms with E-state index in [1.165, 1.54) is 28.3 Å². The number of para-hydroxylation sites is 2. The van der Waals surface area contributed by atoms with Gasteiger partial charge in [0, 0.05) is 60.6 Å². The second-order valence-corrected chi connectivity index (χ2v) is 12.1. The Kier molecular flexibility index (Phi) is 10.5. The first-order chi connectivity index (χ1) is 22.3. The van der Waals surface area contributed by atoms with Crippen molar-refractivity contribution in [2.75, 3.05) is 9.80 Å². The fourth-order valence-electron chi connectivity index (χ4n) is 5.31. The van der Waals surface area contributed by atoms with Crippen LogP contribution in [0.2, 0.25) is 10.0 Å². The second kappa shape index (κ2) is 14.4. The first-order valence-corrected chi connectivity index (χ1v) is 15.4. The van der Waals surface area contributed by atoms with Crippen LogP contribution in [0.15, 0.2) is 95.8 Å². The molecule has 0 radical (unpaired) electrons. The number of rotatable bonds is 4. The third kappa shape index (κ3) is 7.42. The summed E-state index contributed by atoms with van der Waals surface area (Å²) in [5, 5.41) is 0.732. The summed E-state index contributed by atoms with van der Waals surface area (Å²) in [6.07, 6.45) is 3.86. The van der Waals surface area contributed by atoms with Gasteiger partial charge in [0.1, 0.15) is 34.9 Å². The van der Waals surface area contributed by atoms with E-state index in [1.807, 2.05) is 0 Å². The molecule has 2 aliphatic rings. The highest BCUT2D eigenvalue weighted by Gasteiger charge is 2.34. The lowest BCUT2D eigenvalue weighted by Crippen LogP contribution is -2.32. The van der Waals surface area contributed by atoms with Crippen molar-refractivity contribution in [3.05, 3.63) is 152 Å². The van der Waals surface area contributed by atoms with Crippen molar-refractivity contribution in [2.45, 2.75) is 24.9 Å². The zero-order valence-electron chi connectivity index (χ0n) is 23.8. The van der Waals surface area contributed by atoms with Crippen molar-refractivity contribution < 1.29 is 35.9 Å². The molecule has 4 nitrogen and oxygen atoms in total. The number of anilines is 2. The molecular formula is C34H21BrCl2F6N2O2. The third-order valence-corrected chi connectivity index (χ3v) is 8.69. The summed E-state index contributed by atoms with van der Waals surface area (Å²) < 4.78 is 83.3. The number of nitrogens with zero attached hydrogens (tertiary/aromatic N) is 2. The smallest absolute Gasteiger partial charge is 0.173 e. The van der Waals surface area contributed by atoms with Gasteiger partial charge in [0.05, 0.1) is 38.0 Å². The minimum atomic E-state index is -1.05. The van der Waals surface area contributed by atoms with E-state index in [0.717, 1.165) is 0 Å². The van der Waals surface area contributed by atoms with Crippen LogP contribution in [0, 0.1) is 34.9 Å². The molecule has 0 aliphatic carbocycles. The summed E-state index contributed by atoms with van der Waals surface area (Å²) in [5.74, 6) is -6.78. The van der Waals surface area contributed by atoms with Crippen molar-refractivity contribution in [3.63, 3.8) is 0 Å². The molecule has 0 spiro atoms. The number of hydrogen-bond acceptors (Lipinski definition) is 4. The topological polar surface area (TPSA) is 40.6 Å². The number of benzene rings is 4.